The van der Waals surface area contributed by atoms with Gasteiger partial charge in [0.1, 0.15) is 11.6 Å². The molecule has 34 heavy (non-hydrogen) atoms. The monoisotopic (exact) mass is 465 g/mol. The van der Waals surface area contributed by atoms with E-state index >= 15 is 0 Å². The van der Waals surface area contributed by atoms with Gasteiger partial charge in [-0.2, -0.15) is 5.10 Å². The molecule has 0 radical (unpaired) electrons. The first-order valence-electron chi connectivity index (χ1n) is 11.4. The van der Waals surface area contributed by atoms with Crippen molar-refractivity contribution in [1.29, 1.82) is 0 Å². The smallest absolute Gasteiger partial charge is 0.269 e. The lowest BCUT2D eigenvalue weighted by Crippen LogP contribution is -2.49. The van der Waals surface area contributed by atoms with Gasteiger partial charge in [0.25, 0.3) is 11.5 Å². The molecule has 1 fully saturated rings. The van der Waals surface area contributed by atoms with Crippen LogP contribution in [0.5, 0.6) is 0 Å². The highest BCUT2D eigenvalue weighted by Gasteiger charge is 2.25. The number of nitrogens with one attached hydrogen (secondary N) is 2. The van der Waals surface area contributed by atoms with Crippen molar-refractivity contribution >= 4 is 17.3 Å². The minimum absolute atomic E-state index is 0.0268. The van der Waals surface area contributed by atoms with E-state index in [0.717, 1.165) is 29.9 Å². The van der Waals surface area contributed by atoms with Gasteiger partial charge >= 0.3 is 0 Å². The third-order valence-corrected chi connectivity index (χ3v) is 6.45. The molecular weight excluding hydrogens is 440 g/mol. The highest BCUT2D eigenvalue weighted by molar-refractivity contribution is 5.95. The predicted octanol–water partition coefficient (Wildman–Crippen LogP) is 2.96. The zero-order chi connectivity index (χ0) is 23.7. The molecule has 2 aliphatic rings. The molecule has 0 bridgehead atoms. The zero-order valence-corrected chi connectivity index (χ0v) is 18.6. The summed E-state index contributed by atoms with van der Waals surface area (Å²) in [5, 5.41) is 10.0. The van der Waals surface area contributed by atoms with Crippen LogP contribution in [-0.2, 0) is 12.8 Å². The number of nitrogens with zero attached hydrogens (tertiary/aromatic N) is 3. The average molecular weight is 466 g/mol. The minimum Gasteiger partial charge on any atom is -0.383 e. The maximum absolute atomic E-state index is 14.7. The normalized spacial score (nSPS) is 15.6. The largest absolute Gasteiger partial charge is 0.383 e. The van der Waals surface area contributed by atoms with Gasteiger partial charge in [0.15, 0.2) is 0 Å². The number of aromatic nitrogens is 2. The number of hydrogen-bond acceptors (Lipinski definition) is 5. The van der Waals surface area contributed by atoms with Crippen LogP contribution >= 0.6 is 0 Å². The minimum atomic E-state index is -0.565. The second-order valence-electron chi connectivity index (χ2n) is 8.63. The third-order valence-electron chi connectivity index (χ3n) is 6.45. The first kappa shape index (κ1) is 22.1. The molecule has 3 aromatic rings. The van der Waals surface area contributed by atoms with E-state index in [1.807, 2.05) is 0 Å². The molecule has 7 nitrogen and oxygen atoms in total. The Morgan fingerprint density at radius 1 is 1.03 bits per heavy atom. The van der Waals surface area contributed by atoms with Crippen LogP contribution in [0.2, 0.25) is 0 Å². The van der Waals surface area contributed by atoms with E-state index in [9.17, 15) is 18.4 Å². The first-order chi connectivity index (χ1) is 16.5. The fourth-order valence-electron chi connectivity index (χ4n) is 4.61. The highest BCUT2D eigenvalue weighted by Crippen LogP contribution is 2.25. The summed E-state index contributed by atoms with van der Waals surface area (Å²) < 4.78 is 27.8. The fraction of sp³-hybridized carbons (Fsp3) is 0.320. The summed E-state index contributed by atoms with van der Waals surface area (Å²) in [6.07, 6.45) is 1.93. The van der Waals surface area contributed by atoms with Crippen molar-refractivity contribution in [3.05, 3.63) is 86.8 Å². The molecule has 0 unspecified atom stereocenters. The van der Waals surface area contributed by atoms with Crippen molar-refractivity contribution in [2.75, 3.05) is 42.9 Å². The van der Waals surface area contributed by atoms with Gasteiger partial charge in [-0.25, -0.2) is 13.9 Å². The highest BCUT2D eigenvalue weighted by atomic mass is 19.1. The van der Waals surface area contributed by atoms with Crippen LogP contribution in [0.4, 0.5) is 20.2 Å². The maximum atomic E-state index is 14.7. The van der Waals surface area contributed by atoms with Crippen molar-refractivity contribution in [3.63, 3.8) is 0 Å². The lowest BCUT2D eigenvalue weighted by Gasteiger charge is -2.36. The summed E-state index contributed by atoms with van der Waals surface area (Å²) in [6.45, 7) is 2.81. The molecule has 1 amide bonds. The molecule has 0 spiro atoms. The summed E-state index contributed by atoms with van der Waals surface area (Å²) in [5.41, 5.74) is 3.57. The molecular formula is C25H25F2N5O2. The summed E-state index contributed by atoms with van der Waals surface area (Å²) in [4.78, 5) is 28.9. The van der Waals surface area contributed by atoms with E-state index in [1.54, 1.807) is 29.2 Å². The molecule has 5 rings (SSSR count). The molecule has 9 heteroatoms. The molecule has 3 heterocycles. The topological polar surface area (TPSA) is 81.3 Å². The van der Waals surface area contributed by atoms with Crippen molar-refractivity contribution in [3.8, 4) is 0 Å². The lowest BCUT2D eigenvalue weighted by atomic mass is 9.99. The Kier molecular flexibility index (Phi) is 6.00. The van der Waals surface area contributed by atoms with Gasteiger partial charge in [-0.05, 0) is 54.8 Å². The van der Waals surface area contributed by atoms with Crippen molar-refractivity contribution in [2.45, 2.75) is 19.3 Å². The Labute approximate surface area is 195 Å². The first-order valence-corrected chi connectivity index (χ1v) is 11.4. The lowest BCUT2D eigenvalue weighted by molar-refractivity contribution is 0.0742. The second-order valence-corrected chi connectivity index (χ2v) is 8.63. The second kappa shape index (κ2) is 9.24. The summed E-state index contributed by atoms with van der Waals surface area (Å²) in [5.74, 6) is -1.21. The van der Waals surface area contributed by atoms with Crippen LogP contribution in [0.1, 0.15) is 33.6 Å². The Morgan fingerprint density at radius 2 is 1.79 bits per heavy atom. The standard InChI is InChI=1S/C25H25F2N5O2/c26-17-4-6-18(7-5-17)31-10-12-32(13-11-31)25(34)20-14-16(3-8-21(20)27)15-22-23-19(2-1-9-28-23)24(33)30-29-22/h3-8,14,28H,1-2,9-13,15H2,(H,30,33). The third kappa shape index (κ3) is 4.37. The van der Waals surface area contributed by atoms with E-state index in [4.69, 9.17) is 0 Å². The van der Waals surface area contributed by atoms with Gasteiger partial charge in [-0.3, -0.25) is 9.59 Å². The van der Waals surface area contributed by atoms with Gasteiger partial charge in [0, 0.05) is 50.4 Å². The Balaban J connectivity index is 1.31. The number of piperazine rings is 1. The Bertz CT molecular complexity index is 1270. The SMILES string of the molecule is O=C(c1cc(Cc2n[nH]c(=O)c3c2NCCC3)ccc1F)N1CCN(c2ccc(F)cc2)CC1. The van der Waals surface area contributed by atoms with Crippen LogP contribution in [0.3, 0.4) is 0 Å². The van der Waals surface area contributed by atoms with Crippen LogP contribution < -0.4 is 15.8 Å². The quantitative estimate of drug-likeness (QED) is 0.619. The van der Waals surface area contributed by atoms with E-state index in [0.29, 0.717) is 50.3 Å². The number of halogens is 2. The molecule has 2 aromatic carbocycles. The van der Waals surface area contributed by atoms with Crippen LogP contribution in [-0.4, -0.2) is 53.7 Å². The van der Waals surface area contributed by atoms with Gasteiger partial charge in [-0.15, -0.1) is 0 Å². The van der Waals surface area contributed by atoms with Gasteiger partial charge in [-0.1, -0.05) is 6.07 Å². The van der Waals surface area contributed by atoms with Crippen LogP contribution in [0, 0.1) is 11.6 Å². The van der Waals surface area contributed by atoms with Crippen LogP contribution in [0.25, 0.3) is 0 Å². The number of fused-ring (bicyclic) bond motifs is 1. The van der Waals surface area contributed by atoms with E-state index in [1.165, 1.54) is 18.2 Å². The Morgan fingerprint density at radius 3 is 2.56 bits per heavy atom. The number of H-pyrrole nitrogens is 1. The molecule has 176 valence electrons. The van der Waals surface area contributed by atoms with Gasteiger partial charge < -0.3 is 15.1 Å². The molecule has 0 aliphatic carbocycles. The molecule has 0 atom stereocenters. The van der Waals surface area contributed by atoms with Gasteiger partial charge in [0.05, 0.1) is 16.9 Å². The number of anilines is 2. The van der Waals surface area contributed by atoms with Crippen molar-refractivity contribution < 1.29 is 13.6 Å². The van der Waals surface area contributed by atoms with E-state index < -0.39 is 5.82 Å². The summed E-state index contributed by atoms with van der Waals surface area (Å²) in [6, 6.07) is 10.8. The molecule has 1 aromatic heterocycles. The number of rotatable bonds is 4. The van der Waals surface area contributed by atoms with Gasteiger partial charge in [0.2, 0.25) is 0 Å². The molecule has 1 saturated heterocycles. The molecule has 2 N–H and O–H groups in total. The number of benzene rings is 2. The van der Waals surface area contributed by atoms with Crippen molar-refractivity contribution in [2.24, 2.45) is 0 Å². The summed E-state index contributed by atoms with van der Waals surface area (Å²) in [7, 11) is 0. The summed E-state index contributed by atoms with van der Waals surface area (Å²) >= 11 is 0. The van der Waals surface area contributed by atoms with E-state index in [-0.39, 0.29) is 22.8 Å². The van der Waals surface area contributed by atoms with Crippen LogP contribution in [0.15, 0.2) is 47.3 Å². The Hall–Kier alpha value is -3.75. The fourth-order valence-corrected chi connectivity index (χ4v) is 4.61. The van der Waals surface area contributed by atoms with E-state index in [2.05, 4.69) is 20.4 Å². The predicted molar refractivity (Wildman–Crippen MR) is 125 cm³/mol. The number of aromatic amines is 1. The molecule has 0 saturated carbocycles. The number of amides is 1. The number of carbonyl (C=O) groups excluding carboxylic acids is 1. The number of carbonyl (C=O) groups is 1. The van der Waals surface area contributed by atoms with Crippen molar-refractivity contribution in [1.82, 2.24) is 15.1 Å². The average Bonchev–Trinajstić information content (AvgIpc) is 2.87. The number of hydrogen-bond donors (Lipinski definition) is 2. The zero-order valence-electron chi connectivity index (χ0n) is 18.6. The maximum Gasteiger partial charge on any atom is 0.269 e. The molecule has 2 aliphatic heterocycles.